The van der Waals surface area contributed by atoms with E-state index in [0.717, 1.165) is 0 Å². The van der Waals surface area contributed by atoms with Crippen molar-refractivity contribution in [1.82, 2.24) is 0 Å². The van der Waals surface area contributed by atoms with Crippen LogP contribution in [-0.2, 0) is 4.79 Å². The van der Waals surface area contributed by atoms with Crippen LogP contribution < -0.4 is 10.6 Å². The second-order valence-electron chi connectivity index (χ2n) is 4.73. The van der Waals surface area contributed by atoms with Gasteiger partial charge in [0.05, 0.1) is 0 Å². The molecule has 0 atom stereocenters. The van der Waals surface area contributed by atoms with E-state index < -0.39 is 11.5 Å². The van der Waals surface area contributed by atoms with Crippen LogP contribution in [0.5, 0.6) is 0 Å². The summed E-state index contributed by atoms with van der Waals surface area (Å²) in [4.78, 5) is 13.3. The van der Waals surface area contributed by atoms with Gasteiger partial charge in [-0.3, -0.25) is 4.79 Å². The van der Waals surface area contributed by atoms with Crippen LogP contribution in [0.25, 0.3) is 0 Å². The van der Waals surface area contributed by atoms with Crippen LogP contribution in [-0.4, -0.2) is 29.7 Å². The van der Waals surface area contributed by atoms with Gasteiger partial charge in [-0.15, -0.1) is 0 Å². The van der Waals surface area contributed by atoms with E-state index in [0.29, 0.717) is 25.9 Å². The molecule has 0 unspecified atom stereocenters. The summed E-state index contributed by atoms with van der Waals surface area (Å²) in [7, 11) is 0. The maximum Gasteiger partial charge on any atom is 0.323 e. The Bertz CT molecular complexity index is 423. The molecule has 0 bridgehead atoms. The Morgan fingerprint density at radius 2 is 1.94 bits per heavy atom. The number of carboxylic acids is 1. The Hall–Kier alpha value is -1.55. The summed E-state index contributed by atoms with van der Waals surface area (Å²) in [5, 5.41) is 9.07. The van der Waals surface area contributed by atoms with E-state index in [1.165, 1.54) is 11.3 Å². The van der Waals surface area contributed by atoms with E-state index in [2.05, 4.69) is 24.0 Å². The van der Waals surface area contributed by atoms with Gasteiger partial charge in [-0.25, -0.2) is 0 Å². The molecule has 3 N–H and O–H groups in total. The zero-order valence-electron chi connectivity index (χ0n) is 10.0. The van der Waals surface area contributed by atoms with Crippen molar-refractivity contribution in [3.8, 4) is 0 Å². The lowest BCUT2D eigenvalue weighted by Crippen LogP contribution is -2.55. The van der Waals surface area contributed by atoms with Crippen LogP contribution in [0.3, 0.4) is 0 Å². The van der Waals surface area contributed by atoms with E-state index >= 15 is 0 Å². The highest BCUT2D eigenvalue weighted by atomic mass is 16.4. The van der Waals surface area contributed by atoms with Gasteiger partial charge in [0.25, 0.3) is 0 Å². The molecule has 1 fully saturated rings. The molecule has 1 saturated heterocycles. The zero-order valence-corrected chi connectivity index (χ0v) is 10.0. The van der Waals surface area contributed by atoms with E-state index in [9.17, 15) is 4.79 Å². The summed E-state index contributed by atoms with van der Waals surface area (Å²) in [6.07, 6.45) is 0.993. The molecular weight excluding hydrogens is 216 g/mol. The SMILES string of the molecule is Cc1ccccc1N1CCC(N)(C(=O)O)CC1. The highest BCUT2D eigenvalue weighted by Gasteiger charge is 2.37. The van der Waals surface area contributed by atoms with Crippen molar-refractivity contribution in [3.63, 3.8) is 0 Å². The predicted octanol–water partition coefficient (Wildman–Crippen LogP) is 1.38. The van der Waals surface area contributed by atoms with Crippen molar-refractivity contribution in [2.24, 2.45) is 5.73 Å². The van der Waals surface area contributed by atoms with E-state index in [-0.39, 0.29) is 0 Å². The lowest BCUT2D eigenvalue weighted by molar-refractivity contribution is -0.144. The first-order valence-corrected chi connectivity index (χ1v) is 5.86. The molecule has 0 saturated carbocycles. The quantitative estimate of drug-likeness (QED) is 0.811. The molecule has 1 aromatic rings. The Morgan fingerprint density at radius 1 is 1.35 bits per heavy atom. The Morgan fingerprint density at radius 3 is 2.47 bits per heavy atom. The van der Waals surface area contributed by atoms with Gasteiger partial charge in [-0.1, -0.05) is 18.2 Å². The number of nitrogens with two attached hydrogens (primary N) is 1. The van der Waals surface area contributed by atoms with Crippen molar-refractivity contribution >= 4 is 11.7 Å². The van der Waals surface area contributed by atoms with Crippen molar-refractivity contribution in [2.75, 3.05) is 18.0 Å². The largest absolute Gasteiger partial charge is 0.480 e. The number of nitrogens with zero attached hydrogens (tertiary/aromatic N) is 1. The number of hydrogen-bond donors (Lipinski definition) is 2. The standard InChI is InChI=1S/C13H18N2O2/c1-10-4-2-3-5-11(10)15-8-6-13(14,7-9-15)12(16)17/h2-5H,6-9,14H2,1H3,(H,16,17). The number of benzene rings is 1. The van der Waals surface area contributed by atoms with Gasteiger partial charge >= 0.3 is 5.97 Å². The minimum Gasteiger partial charge on any atom is -0.480 e. The number of aryl methyl sites for hydroxylation is 1. The van der Waals surface area contributed by atoms with Crippen LogP contribution in [0.4, 0.5) is 5.69 Å². The van der Waals surface area contributed by atoms with Crippen LogP contribution >= 0.6 is 0 Å². The number of carboxylic acid groups (broad SMARTS) is 1. The Balaban J connectivity index is 2.10. The van der Waals surface area contributed by atoms with Crippen LogP contribution in [0.1, 0.15) is 18.4 Å². The third-order valence-corrected chi connectivity index (χ3v) is 3.54. The van der Waals surface area contributed by atoms with E-state index in [1.54, 1.807) is 0 Å². The topological polar surface area (TPSA) is 66.6 Å². The molecule has 0 spiro atoms. The lowest BCUT2D eigenvalue weighted by atomic mass is 9.88. The molecule has 1 aromatic carbocycles. The molecular formula is C13H18N2O2. The molecule has 17 heavy (non-hydrogen) atoms. The van der Waals surface area contributed by atoms with Gasteiger partial charge in [-0.2, -0.15) is 0 Å². The smallest absolute Gasteiger partial charge is 0.323 e. The van der Waals surface area contributed by atoms with Gasteiger partial charge in [-0.05, 0) is 31.4 Å². The molecule has 2 rings (SSSR count). The van der Waals surface area contributed by atoms with Crippen LogP contribution in [0, 0.1) is 6.92 Å². The van der Waals surface area contributed by atoms with E-state index in [4.69, 9.17) is 10.8 Å². The lowest BCUT2D eigenvalue weighted by Gasteiger charge is -2.38. The molecule has 4 heteroatoms. The first-order valence-electron chi connectivity index (χ1n) is 5.86. The average molecular weight is 234 g/mol. The Labute approximate surface area is 101 Å². The van der Waals surface area contributed by atoms with Crippen LogP contribution in [0.2, 0.25) is 0 Å². The number of carbonyl (C=O) groups is 1. The fourth-order valence-electron chi connectivity index (χ4n) is 2.28. The molecule has 92 valence electrons. The fraction of sp³-hybridized carbons (Fsp3) is 0.462. The summed E-state index contributed by atoms with van der Waals surface area (Å²) in [6.45, 7) is 3.47. The molecule has 0 aromatic heterocycles. The summed E-state index contributed by atoms with van der Waals surface area (Å²) >= 11 is 0. The first kappa shape index (κ1) is 11.9. The van der Waals surface area contributed by atoms with Crippen LogP contribution in [0.15, 0.2) is 24.3 Å². The van der Waals surface area contributed by atoms with Crippen molar-refractivity contribution in [1.29, 1.82) is 0 Å². The Kier molecular flexibility index (Phi) is 3.07. The molecule has 0 aliphatic carbocycles. The third kappa shape index (κ3) is 2.26. The molecule has 4 nitrogen and oxygen atoms in total. The maximum absolute atomic E-state index is 11.0. The summed E-state index contributed by atoms with van der Waals surface area (Å²) in [5.74, 6) is -0.887. The van der Waals surface area contributed by atoms with Crippen molar-refractivity contribution in [2.45, 2.75) is 25.3 Å². The normalized spacial score (nSPS) is 19.1. The van der Waals surface area contributed by atoms with E-state index in [1.807, 2.05) is 12.1 Å². The third-order valence-electron chi connectivity index (χ3n) is 3.54. The molecule has 1 aliphatic rings. The van der Waals surface area contributed by atoms with Gasteiger partial charge in [0.1, 0.15) is 5.54 Å². The zero-order chi connectivity index (χ0) is 12.5. The highest BCUT2D eigenvalue weighted by Crippen LogP contribution is 2.27. The van der Waals surface area contributed by atoms with Crippen molar-refractivity contribution in [3.05, 3.63) is 29.8 Å². The maximum atomic E-state index is 11.0. The number of para-hydroxylation sites is 1. The van der Waals surface area contributed by atoms with Gasteiger partial charge in [0, 0.05) is 18.8 Å². The molecule has 1 aliphatic heterocycles. The minimum atomic E-state index is -1.04. The number of anilines is 1. The number of piperidine rings is 1. The van der Waals surface area contributed by atoms with Crippen molar-refractivity contribution < 1.29 is 9.90 Å². The number of aliphatic carboxylic acids is 1. The summed E-state index contributed by atoms with van der Waals surface area (Å²) < 4.78 is 0. The summed E-state index contributed by atoms with van der Waals surface area (Å²) in [5.41, 5.74) is 7.21. The second kappa shape index (κ2) is 4.37. The number of hydrogen-bond acceptors (Lipinski definition) is 3. The molecule has 0 amide bonds. The monoisotopic (exact) mass is 234 g/mol. The second-order valence-corrected chi connectivity index (χ2v) is 4.73. The van der Waals surface area contributed by atoms with Gasteiger partial charge in [0.15, 0.2) is 0 Å². The molecule has 1 heterocycles. The predicted molar refractivity (Wildman–Crippen MR) is 67.2 cm³/mol. The summed E-state index contributed by atoms with van der Waals surface area (Å²) in [6, 6.07) is 8.15. The fourth-order valence-corrected chi connectivity index (χ4v) is 2.28. The molecule has 0 radical (unpaired) electrons. The minimum absolute atomic E-state index is 0.497. The average Bonchev–Trinajstić information content (AvgIpc) is 2.31. The number of rotatable bonds is 2. The highest BCUT2D eigenvalue weighted by molar-refractivity contribution is 5.79. The van der Waals surface area contributed by atoms with Gasteiger partial charge < -0.3 is 15.7 Å². The first-order chi connectivity index (χ1) is 8.03. The van der Waals surface area contributed by atoms with Gasteiger partial charge in [0.2, 0.25) is 0 Å².